The maximum atomic E-state index is 11.3. The Bertz CT molecular complexity index is 217. The molecule has 0 saturated carbocycles. The average Bonchev–Trinajstić information content (AvgIpc) is 2.58. The van der Waals surface area contributed by atoms with E-state index in [-0.39, 0.29) is 11.9 Å². The van der Waals surface area contributed by atoms with Gasteiger partial charge in [0.15, 0.2) is 0 Å². The second-order valence-electron chi connectivity index (χ2n) is 3.48. The van der Waals surface area contributed by atoms with Crippen molar-refractivity contribution < 1.29 is 19.1 Å². The Balaban J connectivity index is 2.72. The molecule has 14 heavy (non-hydrogen) atoms. The molecule has 0 N–H and O–H groups in total. The molecule has 0 aromatic rings. The van der Waals surface area contributed by atoms with Crippen LogP contribution in [0, 0.1) is 11.8 Å². The molecule has 80 valence electrons. The SMILES string of the molecule is COC(=O)[C@@H]1CN(C)C[C@H]1C(=O)OC. The van der Waals surface area contributed by atoms with Crippen LogP contribution in [0.3, 0.4) is 0 Å². The maximum absolute atomic E-state index is 11.3. The Hall–Kier alpha value is -1.10. The molecule has 0 radical (unpaired) electrons. The number of esters is 2. The minimum Gasteiger partial charge on any atom is -0.469 e. The summed E-state index contributed by atoms with van der Waals surface area (Å²) in [4.78, 5) is 24.6. The van der Waals surface area contributed by atoms with Gasteiger partial charge in [0.05, 0.1) is 26.1 Å². The first-order valence-electron chi connectivity index (χ1n) is 4.44. The molecule has 0 aliphatic carbocycles. The topological polar surface area (TPSA) is 55.8 Å². The van der Waals surface area contributed by atoms with E-state index in [9.17, 15) is 9.59 Å². The van der Waals surface area contributed by atoms with Gasteiger partial charge in [-0.05, 0) is 7.05 Å². The van der Waals surface area contributed by atoms with Gasteiger partial charge in [-0.1, -0.05) is 0 Å². The van der Waals surface area contributed by atoms with Crippen molar-refractivity contribution in [2.75, 3.05) is 34.4 Å². The Morgan fingerprint density at radius 2 is 1.43 bits per heavy atom. The number of hydrogen-bond acceptors (Lipinski definition) is 5. The molecule has 0 amide bonds. The number of nitrogens with zero attached hydrogens (tertiary/aromatic N) is 1. The van der Waals surface area contributed by atoms with Gasteiger partial charge in [0.2, 0.25) is 0 Å². The van der Waals surface area contributed by atoms with Gasteiger partial charge in [0.1, 0.15) is 0 Å². The van der Waals surface area contributed by atoms with Gasteiger partial charge in [-0.15, -0.1) is 0 Å². The molecule has 1 rings (SSSR count). The zero-order valence-corrected chi connectivity index (χ0v) is 8.65. The highest BCUT2D eigenvalue weighted by molar-refractivity contribution is 5.83. The Morgan fingerprint density at radius 1 is 1.07 bits per heavy atom. The van der Waals surface area contributed by atoms with E-state index in [1.807, 2.05) is 11.9 Å². The van der Waals surface area contributed by atoms with E-state index in [0.29, 0.717) is 13.1 Å². The van der Waals surface area contributed by atoms with Crippen molar-refractivity contribution in [1.29, 1.82) is 0 Å². The molecule has 0 aromatic heterocycles. The van der Waals surface area contributed by atoms with Gasteiger partial charge in [-0.2, -0.15) is 0 Å². The number of rotatable bonds is 2. The van der Waals surface area contributed by atoms with Crippen LogP contribution >= 0.6 is 0 Å². The van der Waals surface area contributed by atoms with E-state index >= 15 is 0 Å². The molecular weight excluding hydrogens is 186 g/mol. The number of ether oxygens (including phenoxy) is 2. The number of methoxy groups -OCH3 is 2. The minimum absolute atomic E-state index is 0.343. The van der Waals surface area contributed by atoms with Crippen molar-refractivity contribution >= 4 is 11.9 Å². The van der Waals surface area contributed by atoms with Gasteiger partial charge in [0.25, 0.3) is 0 Å². The molecule has 0 aromatic carbocycles. The van der Waals surface area contributed by atoms with Crippen molar-refractivity contribution in [1.82, 2.24) is 4.90 Å². The Labute approximate surface area is 83.0 Å². The zero-order chi connectivity index (χ0) is 10.7. The second kappa shape index (κ2) is 4.41. The summed E-state index contributed by atoms with van der Waals surface area (Å²) in [5.41, 5.74) is 0. The van der Waals surface area contributed by atoms with E-state index in [1.54, 1.807) is 0 Å². The molecular formula is C9H15NO4. The lowest BCUT2D eigenvalue weighted by Gasteiger charge is -2.13. The first-order valence-corrected chi connectivity index (χ1v) is 4.44. The van der Waals surface area contributed by atoms with E-state index < -0.39 is 11.8 Å². The molecule has 0 unspecified atom stereocenters. The molecule has 5 heteroatoms. The highest BCUT2D eigenvalue weighted by atomic mass is 16.5. The summed E-state index contributed by atoms with van der Waals surface area (Å²) in [6.45, 7) is 1.10. The van der Waals surface area contributed by atoms with E-state index in [4.69, 9.17) is 0 Å². The summed E-state index contributed by atoms with van der Waals surface area (Å²) >= 11 is 0. The molecule has 1 saturated heterocycles. The molecule has 1 fully saturated rings. The summed E-state index contributed by atoms with van der Waals surface area (Å²) < 4.78 is 9.27. The first-order chi connectivity index (χ1) is 6.60. The molecule has 0 spiro atoms. The molecule has 1 aliphatic heterocycles. The fourth-order valence-corrected chi connectivity index (χ4v) is 1.78. The highest BCUT2D eigenvalue weighted by Crippen LogP contribution is 2.24. The number of likely N-dealkylation sites (tertiary alicyclic amines) is 1. The number of carbonyl (C=O) groups is 2. The lowest BCUT2D eigenvalue weighted by molar-refractivity contribution is -0.155. The Kier molecular flexibility index (Phi) is 3.46. The van der Waals surface area contributed by atoms with Gasteiger partial charge >= 0.3 is 11.9 Å². The third-order valence-electron chi connectivity index (χ3n) is 2.51. The van der Waals surface area contributed by atoms with Crippen LogP contribution in [0.5, 0.6) is 0 Å². The quantitative estimate of drug-likeness (QED) is 0.564. The third kappa shape index (κ3) is 2.04. The highest BCUT2D eigenvalue weighted by Gasteiger charge is 2.41. The van der Waals surface area contributed by atoms with Crippen LogP contribution in [0.25, 0.3) is 0 Å². The summed E-state index contributed by atoms with van der Waals surface area (Å²) in [5, 5.41) is 0. The first kappa shape index (κ1) is 11.0. The van der Waals surface area contributed by atoms with Gasteiger partial charge in [0, 0.05) is 13.1 Å². The standard InChI is InChI=1S/C9H15NO4/c1-10-4-6(8(11)13-2)7(5-10)9(12)14-3/h6-7H,4-5H2,1-3H3/t6-,7-/m1/s1. The molecule has 5 nitrogen and oxygen atoms in total. The lowest BCUT2D eigenvalue weighted by Crippen LogP contribution is -2.30. The molecule has 1 aliphatic rings. The summed E-state index contributed by atoms with van der Waals surface area (Å²) in [5.74, 6) is -1.47. The van der Waals surface area contributed by atoms with E-state index in [2.05, 4.69) is 9.47 Å². The minimum atomic E-state index is -0.391. The molecule has 0 bridgehead atoms. The lowest BCUT2D eigenvalue weighted by atomic mass is 9.96. The van der Waals surface area contributed by atoms with Crippen molar-refractivity contribution in [3.05, 3.63) is 0 Å². The van der Waals surface area contributed by atoms with Crippen LogP contribution < -0.4 is 0 Å². The third-order valence-corrected chi connectivity index (χ3v) is 2.51. The summed E-state index contributed by atoms with van der Waals surface area (Å²) in [6.07, 6.45) is 0. The van der Waals surface area contributed by atoms with Crippen LogP contribution in [0.4, 0.5) is 0 Å². The van der Waals surface area contributed by atoms with Crippen LogP contribution in [0.1, 0.15) is 0 Å². The monoisotopic (exact) mass is 201 g/mol. The average molecular weight is 201 g/mol. The predicted octanol–water partition coefficient (Wildman–Crippen LogP) is -0.490. The second-order valence-corrected chi connectivity index (χ2v) is 3.48. The summed E-state index contributed by atoms with van der Waals surface area (Å²) in [7, 11) is 4.52. The van der Waals surface area contributed by atoms with Crippen molar-refractivity contribution in [3.63, 3.8) is 0 Å². The van der Waals surface area contributed by atoms with Crippen LogP contribution in [-0.2, 0) is 19.1 Å². The van der Waals surface area contributed by atoms with Gasteiger partial charge in [-0.3, -0.25) is 9.59 Å². The maximum Gasteiger partial charge on any atom is 0.310 e. The van der Waals surface area contributed by atoms with Crippen LogP contribution in [0.2, 0.25) is 0 Å². The fourth-order valence-electron chi connectivity index (χ4n) is 1.78. The van der Waals surface area contributed by atoms with Crippen molar-refractivity contribution in [2.45, 2.75) is 0 Å². The normalized spacial score (nSPS) is 27.4. The summed E-state index contributed by atoms with van der Waals surface area (Å²) in [6, 6.07) is 0. The van der Waals surface area contributed by atoms with E-state index in [1.165, 1.54) is 14.2 Å². The number of carbonyl (C=O) groups excluding carboxylic acids is 2. The predicted molar refractivity (Wildman–Crippen MR) is 48.5 cm³/mol. The molecule has 2 atom stereocenters. The number of hydrogen-bond donors (Lipinski definition) is 0. The van der Waals surface area contributed by atoms with Crippen LogP contribution in [-0.4, -0.2) is 51.2 Å². The van der Waals surface area contributed by atoms with Crippen LogP contribution in [0.15, 0.2) is 0 Å². The van der Waals surface area contributed by atoms with E-state index in [0.717, 1.165) is 0 Å². The zero-order valence-electron chi connectivity index (χ0n) is 8.65. The van der Waals surface area contributed by atoms with Crippen molar-refractivity contribution in [3.8, 4) is 0 Å². The Morgan fingerprint density at radius 3 is 1.71 bits per heavy atom. The van der Waals surface area contributed by atoms with Crippen molar-refractivity contribution in [2.24, 2.45) is 11.8 Å². The van der Waals surface area contributed by atoms with Gasteiger partial charge < -0.3 is 14.4 Å². The van der Waals surface area contributed by atoms with Gasteiger partial charge in [-0.25, -0.2) is 0 Å². The smallest absolute Gasteiger partial charge is 0.310 e. The fraction of sp³-hybridized carbons (Fsp3) is 0.778. The molecule has 1 heterocycles. The largest absolute Gasteiger partial charge is 0.469 e.